The molecule has 1 saturated carbocycles. The summed E-state index contributed by atoms with van der Waals surface area (Å²) < 4.78 is 0. The van der Waals surface area contributed by atoms with Crippen molar-refractivity contribution in [2.45, 2.75) is 38.1 Å². The van der Waals surface area contributed by atoms with E-state index < -0.39 is 0 Å². The average Bonchev–Trinajstić information content (AvgIpc) is 2.75. The van der Waals surface area contributed by atoms with Gasteiger partial charge in [0.15, 0.2) is 5.78 Å². The molecular formula is C19H21NO. The summed E-state index contributed by atoms with van der Waals surface area (Å²) in [6, 6.07) is 20.5. The number of Topliss-reactive ketones (excluding diaryl/α,β-unsaturated/α-hetero) is 1. The van der Waals surface area contributed by atoms with Crippen molar-refractivity contribution in [2.75, 3.05) is 4.90 Å². The number of hydrogen-bond donors (Lipinski definition) is 0. The fraction of sp³-hybridized carbons (Fsp3) is 0.316. The summed E-state index contributed by atoms with van der Waals surface area (Å²) in [5.41, 5.74) is 2.20. The first-order valence-corrected chi connectivity index (χ1v) is 7.78. The Labute approximate surface area is 126 Å². The van der Waals surface area contributed by atoms with Gasteiger partial charge in [0.05, 0.1) is 6.04 Å². The second-order valence-electron chi connectivity index (χ2n) is 5.62. The zero-order valence-electron chi connectivity index (χ0n) is 12.2. The van der Waals surface area contributed by atoms with Crippen molar-refractivity contribution < 1.29 is 4.79 Å². The molecule has 0 aliphatic heterocycles. The van der Waals surface area contributed by atoms with Crippen LogP contribution in [0.4, 0.5) is 11.4 Å². The fourth-order valence-corrected chi connectivity index (χ4v) is 3.10. The monoisotopic (exact) mass is 279 g/mol. The largest absolute Gasteiger partial charge is 0.331 e. The Morgan fingerprint density at radius 3 is 1.90 bits per heavy atom. The predicted molar refractivity (Wildman–Crippen MR) is 86.9 cm³/mol. The molecular weight excluding hydrogens is 258 g/mol. The van der Waals surface area contributed by atoms with E-state index in [1.807, 2.05) is 36.4 Å². The molecule has 1 aliphatic carbocycles. The standard InChI is InChI=1S/C19H21NO/c21-19-15-9-3-8-14-18(19)20(16-10-4-1-5-11-16)17-12-6-2-7-13-17/h1-2,4-7,10-13,18H,3,8-9,14-15H2. The van der Waals surface area contributed by atoms with Gasteiger partial charge in [-0.3, -0.25) is 4.79 Å². The van der Waals surface area contributed by atoms with Crippen LogP contribution in [-0.4, -0.2) is 11.8 Å². The highest BCUT2D eigenvalue weighted by Crippen LogP contribution is 2.32. The van der Waals surface area contributed by atoms with Gasteiger partial charge in [0.1, 0.15) is 0 Å². The second-order valence-corrected chi connectivity index (χ2v) is 5.62. The number of anilines is 2. The van der Waals surface area contributed by atoms with Crippen LogP contribution in [0.3, 0.4) is 0 Å². The van der Waals surface area contributed by atoms with Gasteiger partial charge in [-0.05, 0) is 37.1 Å². The first kappa shape index (κ1) is 13.9. The van der Waals surface area contributed by atoms with E-state index in [9.17, 15) is 4.79 Å². The van der Waals surface area contributed by atoms with Crippen molar-refractivity contribution in [1.82, 2.24) is 0 Å². The summed E-state index contributed by atoms with van der Waals surface area (Å²) in [6.07, 6.45) is 4.99. The average molecular weight is 279 g/mol. The number of carbonyl (C=O) groups excluding carboxylic acids is 1. The second kappa shape index (κ2) is 6.57. The molecule has 2 aromatic rings. The minimum atomic E-state index is -0.0303. The van der Waals surface area contributed by atoms with Gasteiger partial charge in [0.2, 0.25) is 0 Å². The molecule has 0 N–H and O–H groups in total. The van der Waals surface area contributed by atoms with Crippen LogP contribution in [0.25, 0.3) is 0 Å². The Balaban J connectivity index is 2.01. The first-order valence-electron chi connectivity index (χ1n) is 7.78. The molecule has 0 spiro atoms. The third kappa shape index (κ3) is 3.15. The summed E-state index contributed by atoms with van der Waals surface area (Å²) in [5, 5.41) is 0. The number of para-hydroxylation sites is 2. The Bertz CT molecular complexity index is 540. The summed E-state index contributed by atoms with van der Waals surface area (Å²) in [6.45, 7) is 0. The number of carbonyl (C=O) groups is 1. The quantitative estimate of drug-likeness (QED) is 0.757. The molecule has 2 aromatic carbocycles. The van der Waals surface area contributed by atoms with Gasteiger partial charge < -0.3 is 4.90 Å². The molecule has 108 valence electrons. The van der Waals surface area contributed by atoms with E-state index in [1.165, 1.54) is 6.42 Å². The highest BCUT2D eigenvalue weighted by molar-refractivity contribution is 5.90. The van der Waals surface area contributed by atoms with Crippen molar-refractivity contribution >= 4 is 17.2 Å². The molecule has 1 fully saturated rings. The SMILES string of the molecule is O=C1CCCCCC1N(c1ccccc1)c1ccccc1. The number of ketones is 1. The molecule has 0 heterocycles. The van der Waals surface area contributed by atoms with Crippen molar-refractivity contribution in [3.05, 3.63) is 60.7 Å². The van der Waals surface area contributed by atoms with E-state index in [-0.39, 0.29) is 6.04 Å². The topological polar surface area (TPSA) is 20.3 Å². The first-order chi connectivity index (χ1) is 10.4. The molecule has 0 amide bonds. The summed E-state index contributed by atoms with van der Waals surface area (Å²) in [5.74, 6) is 0.375. The van der Waals surface area contributed by atoms with Crippen LogP contribution in [0.1, 0.15) is 32.1 Å². The highest BCUT2D eigenvalue weighted by Gasteiger charge is 2.28. The molecule has 0 aromatic heterocycles. The maximum Gasteiger partial charge on any atom is 0.155 e. The Kier molecular flexibility index (Phi) is 4.34. The molecule has 1 aliphatic rings. The normalized spacial score (nSPS) is 19.0. The molecule has 2 nitrogen and oxygen atoms in total. The van der Waals surface area contributed by atoms with Crippen LogP contribution in [0, 0.1) is 0 Å². The summed E-state index contributed by atoms with van der Waals surface area (Å²) in [4.78, 5) is 14.8. The van der Waals surface area contributed by atoms with Crippen LogP contribution in [-0.2, 0) is 4.79 Å². The van der Waals surface area contributed by atoms with Crippen molar-refractivity contribution in [3.63, 3.8) is 0 Å². The third-order valence-electron chi connectivity index (χ3n) is 4.15. The zero-order chi connectivity index (χ0) is 14.5. The molecule has 21 heavy (non-hydrogen) atoms. The smallest absolute Gasteiger partial charge is 0.155 e. The van der Waals surface area contributed by atoms with Gasteiger partial charge in [0.25, 0.3) is 0 Å². The van der Waals surface area contributed by atoms with Crippen LogP contribution in [0.15, 0.2) is 60.7 Å². The lowest BCUT2D eigenvalue weighted by Crippen LogP contribution is -2.37. The lowest BCUT2D eigenvalue weighted by Gasteiger charge is -2.32. The van der Waals surface area contributed by atoms with Gasteiger partial charge in [-0.2, -0.15) is 0 Å². The van der Waals surface area contributed by atoms with Crippen LogP contribution >= 0.6 is 0 Å². The Morgan fingerprint density at radius 2 is 1.33 bits per heavy atom. The van der Waals surface area contributed by atoms with Gasteiger partial charge >= 0.3 is 0 Å². The minimum absolute atomic E-state index is 0.0303. The van der Waals surface area contributed by atoms with Crippen molar-refractivity contribution in [3.8, 4) is 0 Å². The maximum atomic E-state index is 12.6. The number of benzene rings is 2. The van der Waals surface area contributed by atoms with Gasteiger partial charge in [-0.1, -0.05) is 49.2 Å². The molecule has 0 bridgehead atoms. The Hall–Kier alpha value is -2.09. The van der Waals surface area contributed by atoms with Gasteiger partial charge in [0, 0.05) is 17.8 Å². The molecule has 1 atom stereocenters. The van der Waals surface area contributed by atoms with E-state index >= 15 is 0 Å². The van der Waals surface area contributed by atoms with Gasteiger partial charge in [-0.25, -0.2) is 0 Å². The molecule has 1 unspecified atom stereocenters. The number of rotatable bonds is 3. The molecule has 0 radical (unpaired) electrons. The highest BCUT2D eigenvalue weighted by atomic mass is 16.1. The van der Waals surface area contributed by atoms with Crippen molar-refractivity contribution in [1.29, 1.82) is 0 Å². The van der Waals surface area contributed by atoms with Crippen LogP contribution in [0.2, 0.25) is 0 Å². The predicted octanol–water partition coefficient (Wildman–Crippen LogP) is 4.73. The molecule has 2 heteroatoms. The summed E-state index contributed by atoms with van der Waals surface area (Å²) in [7, 11) is 0. The van der Waals surface area contributed by atoms with E-state index in [4.69, 9.17) is 0 Å². The molecule has 0 saturated heterocycles. The van der Waals surface area contributed by atoms with Crippen molar-refractivity contribution in [2.24, 2.45) is 0 Å². The third-order valence-corrected chi connectivity index (χ3v) is 4.15. The summed E-state index contributed by atoms with van der Waals surface area (Å²) >= 11 is 0. The van der Waals surface area contributed by atoms with E-state index in [0.717, 1.165) is 30.6 Å². The van der Waals surface area contributed by atoms with Crippen LogP contribution in [0.5, 0.6) is 0 Å². The Morgan fingerprint density at radius 1 is 0.762 bits per heavy atom. The van der Waals surface area contributed by atoms with E-state index in [0.29, 0.717) is 12.2 Å². The molecule has 3 rings (SSSR count). The van der Waals surface area contributed by atoms with E-state index in [2.05, 4.69) is 29.2 Å². The van der Waals surface area contributed by atoms with Gasteiger partial charge in [-0.15, -0.1) is 0 Å². The van der Waals surface area contributed by atoms with E-state index in [1.54, 1.807) is 0 Å². The number of hydrogen-bond acceptors (Lipinski definition) is 2. The lowest BCUT2D eigenvalue weighted by molar-refractivity contribution is -0.120. The minimum Gasteiger partial charge on any atom is -0.331 e. The zero-order valence-corrected chi connectivity index (χ0v) is 12.2. The fourth-order valence-electron chi connectivity index (χ4n) is 3.10. The maximum absolute atomic E-state index is 12.6. The number of nitrogens with zero attached hydrogens (tertiary/aromatic N) is 1. The van der Waals surface area contributed by atoms with Crippen LogP contribution < -0.4 is 4.90 Å². The lowest BCUT2D eigenvalue weighted by atomic mass is 10.0.